The molecule has 25 heavy (non-hydrogen) atoms. The van der Waals surface area contributed by atoms with Gasteiger partial charge in [0, 0.05) is 45.9 Å². The van der Waals surface area contributed by atoms with Gasteiger partial charge in [0.15, 0.2) is 5.96 Å². The van der Waals surface area contributed by atoms with E-state index in [2.05, 4.69) is 41.3 Å². The quantitative estimate of drug-likeness (QED) is 0.521. The number of hydrogen-bond donors (Lipinski definition) is 2. The van der Waals surface area contributed by atoms with Crippen LogP contribution >= 0.6 is 0 Å². The minimum Gasteiger partial charge on any atom is -0.385 e. The Bertz CT molecular complexity index is 431. The smallest absolute Gasteiger partial charge is 0.191 e. The first kappa shape index (κ1) is 20.5. The molecular weight excluding hydrogens is 312 g/mol. The standard InChI is InChI=1S/C20H40N4O/c1-17-8-6-12-24(14-17)19(2,3)15-22-18(21-4)23-16-20(9-7-10-20)11-13-25-5/h17H,6-16H2,1-5H3,(H2,21,22,23). The zero-order chi connectivity index (χ0) is 18.3. The van der Waals surface area contributed by atoms with Crippen molar-refractivity contribution in [3.63, 3.8) is 0 Å². The monoisotopic (exact) mass is 352 g/mol. The van der Waals surface area contributed by atoms with Crippen LogP contribution in [0.4, 0.5) is 0 Å². The summed E-state index contributed by atoms with van der Waals surface area (Å²) >= 11 is 0. The summed E-state index contributed by atoms with van der Waals surface area (Å²) in [5, 5.41) is 7.13. The van der Waals surface area contributed by atoms with Crippen LogP contribution in [0.5, 0.6) is 0 Å². The highest BCUT2D eigenvalue weighted by Gasteiger charge is 2.36. The molecule has 1 unspecified atom stereocenters. The second-order valence-electron chi connectivity index (χ2n) is 8.88. The van der Waals surface area contributed by atoms with Crippen molar-refractivity contribution in [2.24, 2.45) is 16.3 Å². The SMILES string of the molecule is CN=C(NCC1(CCOC)CCC1)NCC(C)(C)N1CCCC(C)C1. The van der Waals surface area contributed by atoms with Gasteiger partial charge >= 0.3 is 0 Å². The first-order valence-electron chi connectivity index (χ1n) is 10.1. The van der Waals surface area contributed by atoms with E-state index in [0.29, 0.717) is 5.41 Å². The van der Waals surface area contributed by atoms with Crippen molar-refractivity contribution in [1.82, 2.24) is 15.5 Å². The van der Waals surface area contributed by atoms with Crippen molar-refractivity contribution in [3.8, 4) is 0 Å². The Morgan fingerprint density at radius 3 is 2.60 bits per heavy atom. The maximum atomic E-state index is 5.30. The van der Waals surface area contributed by atoms with Gasteiger partial charge in [0.2, 0.25) is 0 Å². The molecule has 1 saturated heterocycles. The summed E-state index contributed by atoms with van der Waals surface area (Å²) in [7, 11) is 3.66. The van der Waals surface area contributed by atoms with E-state index in [-0.39, 0.29) is 5.54 Å². The number of rotatable bonds is 8. The molecule has 1 atom stereocenters. The number of likely N-dealkylation sites (tertiary alicyclic amines) is 1. The van der Waals surface area contributed by atoms with E-state index in [1.165, 1.54) is 45.2 Å². The summed E-state index contributed by atoms with van der Waals surface area (Å²) < 4.78 is 5.30. The molecule has 1 heterocycles. The summed E-state index contributed by atoms with van der Waals surface area (Å²) in [6.07, 6.45) is 7.78. The van der Waals surface area contributed by atoms with Crippen molar-refractivity contribution in [2.45, 2.75) is 64.8 Å². The lowest BCUT2D eigenvalue weighted by Crippen LogP contribution is -2.56. The molecule has 1 saturated carbocycles. The van der Waals surface area contributed by atoms with Gasteiger partial charge in [0.1, 0.15) is 0 Å². The predicted molar refractivity (Wildman–Crippen MR) is 106 cm³/mol. The van der Waals surface area contributed by atoms with E-state index in [1.54, 1.807) is 7.11 Å². The summed E-state index contributed by atoms with van der Waals surface area (Å²) in [6.45, 7) is 12.3. The molecule has 2 N–H and O–H groups in total. The fourth-order valence-corrected chi connectivity index (χ4v) is 4.15. The molecular formula is C20H40N4O. The fraction of sp³-hybridized carbons (Fsp3) is 0.950. The molecule has 2 fully saturated rings. The Morgan fingerprint density at radius 2 is 2.04 bits per heavy atom. The van der Waals surface area contributed by atoms with E-state index in [4.69, 9.17) is 4.74 Å². The number of aliphatic imine (C=N–C) groups is 1. The number of hydrogen-bond acceptors (Lipinski definition) is 3. The molecule has 2 rings (SSSR count). The molecule has 0 amide bonds. The van der Waals surface area contributed by atoms with Crippen molar-refractivity contribution < 1.29 is 4.74 Å². The Balaban J connectivity index is 1.79. The molecule has 0 aromatic rings. The second-order valence-corrected chi connectivity index (χ2v) is 8.88. The molecule has 2 aliphatic rings. The van der Waals surface area contributed by atoms with Crippen LogP contribution in [0.2, 0.25) is 0 Å². The van der Waals surface area contributed by atoms with E-state index in [0.717, 1.165) is 38.0 Å². The third-order valence-corrected chi connectivity index (χ3v) is 6.31. The van der Waals surface area contributed by atoms with E-state index in [9.17, 15) is 0 Å². The van der Waals surface area contributed by atoms with Crippen LogP contribution in [0.25, 0.3) is 0 Å². The van der Waals surface area contributed by atoms with Crippen LogP contribution in [0.15, 0.2) is 4.99 Å². The third kappa shape index (κ3) is 5.85. The van der Waals surface area contributed by atoms with Crippen LogP contribution in [-0.2, 0) is 4.74 Å². The Hall–Kier alpha value is -0.810. The third-order valence-electron chi connectivity index (χ3n) is 6.31. The minimum atomic E-state index is 0.149. The first-order chi connectivity index (χ1) is 11.9. The van der Waals surface area contributed by atoms with Gasteiger partial charge in [0.05, 0.1) is 0 Å². The van der Waals surface area contributed by atoms with E-state index in [1.807, 2.05) is 7.05 Å². The lowest BCUT2D eigenvalue weighted by atomic mass is 9.67. The van der Waals surface area contributed by atoms with Crippen LogP contribution < -0.4 is 10.6 Å². The van der Waals surface area contributed by atoms with Gasteiger partial charge in [-0.2, -0.15) is 0 Å². The highest BCUT2D eigenvalue weighted by molar-refractivity contribution is 5.79. The number of nitrogens with one attached hydrogen (secondary N) is 2. The van der Waals surface area contributed by atoms with Gasteiger partial charge in [-0.05, 0) is 63.8 Å². The lowest BCUT2D eigenvalue weighted by Gasteiger charge is -2.44. The number of guanidine groups is 1. The van der Waals surface area contributed by atoms with Gasteiger partial charge in [-0.25, -0.2) is 0 Å². The van der Waals surface area contributed by atoms with Crippen molar-refractivity contribution in [1.29, 1.82) is 0 Å². The van der Waals surface area contributed by atoms with Crippen LogP contribution in [0, 0.1) is 11.3 Å². The van der Waals surface area contributed by atoms with Crippen molar-refractivity contribution >= 4 is 5.96 Å². The largest absolute Gasteiger partial charge is 0.385 e. The number of piperidine rings is 1. The predicted octanol–water partition coefficient (Wildman–Crippen LogP) is 2.87. The summed E-state index contributed by atoms with van der Waals surface area (Å²) in [4.78, 5) is 7.07. The lowest BCUT2D eigenvalue weighted by molar-refractivity contribution is 0.0708. The summed E-state index contributed by atoms with van der Waals surface area (Å²) in [5.74, 6) is 1.74. The van der Waals surface area contributed by atoms with Crippen LogP contribution in [0.1, 0.15) is 59.3 Å². The molecule has 146 valence electrons. The van der Waals surface area contributed by atoms with Gasteiger partial charge in [-0.1, -0.05) is 13.3 Å². The van der Waals surface area contributed by atoms with Gasteiger partial charge in [-0.15, -0.1) is 0 Å². The fourth-order valence-electron chi connectivity index (χ4n) is 4.15. The zero-order valence-electron chi connectivity index (χ0n) is 17.2. The maximum absolute atomic E-state index is 5.30. The van der Waals surface area contributed by atoms with E-state index >= 15 is 0 Å². The van der Waals surface area contributed by atoms with Crippen molar-refractivity contribution in [2.75, 3.05) is 46.9 Å². The van der Waals surface area contributed by atoms with Crippen LogP contribution in [-0.4, -0.2) is 63.3 Å². The summed E-state index contributed by atoms with van der Waals surface area (Å²) in [6, 6.07) is 0. The summed E-state index contributed by atoms with van der Waals surface area (Å²) in [5.41, 5.74) is 0.557. The Labute approximate surface area is 155 Å². The highest BCUT2D eigenvalue weighted by atomic mass is 16.5. The maximum Gasteiger partial charge on any atom is 0.191 e. The molecule has 0 aromatic heterocycles. The van der Waals surface area contributed by atoms with Gasteiger partial charge in [0.25, 0.3) is 0 Å². The van der Waals surface area contributed by atoms with Crippen molar-refractivity contribution in [3.05, 3.63) is 0 Å². The first-order valence-corrected chi connectivity index (χ1v) is 10.1. The molecule has 5 heteroatoms. The normalized spacial score (nSPS) is 24.7. The zero-order valence-corrected chi connectivity index (χ0v) is 17.2. The van der Waals surface area contributed by atoms with E-state index < -0.39 is 0 Å². The molecule has 0 bridgehead atoms. The van der Waals surface area contributed by atoms with Gasteiger partial charge in [-0.3, -0.25) is 9.89 Å². The number of ether oxygens (including phenoxy) is 1. The molecule has 1 aliphatic carbocycles. The number of nitrogens with zero attached hydrogens (tertiary/aromatic N) is 2. The average Bonchev–Trinajstić information content (AvgIpc) is 2.56. The highest BCUT2D eigenvalue weighted by Crippen LogP contribution is 2.43. The Kier molecular flexibility index (Phi) is 7.56. The Morgan fingerprint density at radius 1 is 1.28 bits per heavy atom. The molecule has 5 nitrogen and oxygen atoms in total. The second kappa shape index (κ2) is 9.22. The van der Waals surface area contributed by atoms with Gasteiger partial charge < -0.3 is 15.4 Å². The number of methoxy groups -OCH3 is 1. The minimum absolute atomic E-state index is 0.149. The average molecular weight is 353 g/mol. The molecule has 1 aliphatic heterocycles. The van der Waals surface area contributed by atoms with Crippen LogP contribution in [0.3, 0.4) is 0 Å². The molecule has 0 radical (unpaired) electrons. The molecule has 0 aromatic carbocycles. The molecule has 0 spiro atoms. The topological polar surface area (TPSA) is 48.9 Å².